The molecule has 1 fully saturated rings. The fraction of sp³-hybridized carbons (Fsp3) is 0.393. The summed E-state index contributed by atoms with van der Waals surface area (Å²) in [7, 11) is 0. The van der Waals surface area contributed by atoms with Crippen LogP contribution in [0.5, 0.6) is 0 Å². The molecule has 0 spiro atoms. The van der Waals surface area contributed by atoms with Crippen LogP contribution in [0.4, 0.5) is 16.2 Å². The largest absolute Gasteiger partial charge is 0.366 e. The van der Waals surface area contributed by atoms with Gasteiger partial charge < -0.3 is 4.90 Å². The van der Waals surface area contributed by atoms with Crippen LogP contribution in [0.15, 0.2) is 35.9 Å². The molecular formula is C28H33N3O3. The number of aryl methyl sites for hydroxylation is 2. The molecule has 2 aromatic rings. The molecule has 2 aliphatic heterocycles. The Morgan fingerprint density at radius 3 is 2.44 bits per heavy atom. The summed E-state index contributed by atoms with van der Waals surface area (Å²) in [6, 6.07) is 8.97. The average molecular weight is 460 g/mol. The first kappa shape index (κ1) is 23.7. The van der Waals surface area contributed by atoms with Gasteiger partial charge in [0.05, 0.1) is 5.69 Å². The van der Waals surface area contributed by atoms with Crippen LogP contribution in [0, 0.1) is 20.8 Å². The van der Waals surface area contributed by atoms with E-state index in [-0.39, 0.29) is 11.1 Å². The highest BCUT2D eigenvalue weighted by Crippen LogP contribution is 2.44. The zero-order chi connectivity index (χ0) is 24.9. The number of hydrogen-bond acceptors (Lipinski definition) is 4. The average Bonchev–Trinajstić information content (AvgIpc) is 2.74. The van der Waals surface area contributed by atoms with E-state index in [1.807, 2.05) is 26.8 Å². The number of barbiturate groups is 1. The number of fused-ring (bicyclic) bond motifs is 1. The van der Waals surface area contributed by atoms with Crippen LogP contribution in [0.2, 0.25) is 0 Å². The number of anilines is 2. The second-order valence-electron chi connectivity index (χ2n) is 10.1. The lowest BCUT2D eigenvalue weighted by atomic mass is 9.79. The number of benzene rings is 2. The van der Waals surface area contributed by atoms with E-state index in [0.29, 0.717) is 11.6 Å². The monoisotopic (exact) mass is 459 g/mol. The summed E-state index contributed by atoms with van der Waals surface area (Å²) >= 11 is 0. The Balaban J connectivity index is 1.80. The molecule has 2 heterocycles. The molecule has 178 valence electrons. The van der Waals surface area contributed by atoms with Gasteiger partial charge in [0, 0.05) is 17.8 Å². The first-order valence-corrected chi connectivity index (χ1v) is 11.9. The first-order valence-electron chi connectivity index (χ1n) is 11.9. The second kappa shape index (κ2) is 8.42. The van der Waals surface area contributed by atoms with E-state index in [2.05, 4.69) is 50.0 Å². The van der Waals surface area contributed by atoms with Crippen LogP contribution >= 0.6 is 0 Å². The fourth-order valence-corrected chi connectivity index (χ4v) is 5.41. The van der Waals surface area contributed by atoms with Gasteiger partial charge in [-0.3, -0.25) is 14.9 Å². The maximum atomic E-state index is 13.4. The molecule has 6 heteroatoms. The minimum absolute atomic E-state index is 0.0419. The third kappa shape index (κ3) is 3.81. The van der Waals surface area contributed by atoms with E-state index >= 15 is 0 Å². The predicted molar refractivity (Wildman–Crippen MR) is 136 cm³/mol. The van der Waals surface area contributed by atoms with Crippen LogP contribution in [0.3, 0.4) is 0 Å². The maximum Gasteiger partial charge on any atom is 0.335 e. The maximum absolute atomic E-state index is 13.4. The first-order chi connectivity index (χ1) is 16.0. The lowest BCUT2D eigenvalue weighted by Crippen LogP contribution is -2.54. The summed E-state index contributed by atoms with van der Waals surface area (Å²) in [6.45, 7) is 15.6. The van der Waals surface area contributed by atoms with Gasteiger partial charge in [0.15, 0.2) is 0 Å². The van der Waals surface area contributed by atoms with Crippen LogP contribution in [-0.4, -0.2) is 29.9 Å². The Morgan fingerprint density at radius 2 is 1.76 bits per heavy atom. The van der Waals surface area contributed by atoms with Gasteiger partial charge in [0.1, 0.15) is 5.57 Å². The molecule has 0 radical (unpaired) electrons. The van der Waals surface area contributed by atoms with Crippen LogP contribution < -0.4 is 15.1 Å². The number of carbonyl (C=O) groups excluding carboxylic acids is 3. The minimum atomic E-state index is -0.725. The number of rotatable bonds is 3. The topological polar surface area (TPSA) is 69.7 Å². The van der Waals surface area contributed by atoms with Crippen LogP contribution in [0.1, 0.15) is 67.9 Å². The van der Waals surface area contributed by atoms with Crippen molar-refractivity contribution in [3.8, 4) is 0 Å². The molecule has 4 amide bonds. The number of urea groups is 1. The highest BCUT2D eigenvalue weighted by molar-refractivity contribution is 6.39. The molecule has 0 bridgehead atoms. The van der Waals surface area contributed by atoms with Gasteiger partial charge in [-0.15, -0.1) is 0 Å². The standard InChI is InChI=1S/C28H33N3O3/c1-8-30-24-12-17(3)20(13-21(24)18(4)15-28(30,6)7)14-22-25(32)29-27(34)31(26(22)33)23-11-9-10-16(2)19(23)5/h9-14,18H,8,15H2,1-7H3,(H,29,32,34)/b22-14-. The zero-order valence-corrected chi connectivity index (χ0v) is 21.1. The Hall–Kier alpha value is -3.41. The van der Waals surface area contributed by atoms with Gasteiger partial charge in [0.2, 0.25) is 0 Å². The van der Waals surface area contributed by atoms with Gasteiger partial charge >= 0.3 is 6.03 Å². The second-order valence-corrected chi connectivity index (χ2v) is 10.1. The van der Waals surface area contributed by atoms with Crippen molar-refractivity contribution in [2.75, 3.05) is 16.3 Å². The summed E-state index contributed by atoms with van der Waals surface area (Å²) in [5.74, 6) is -0.934. The summed E-state index contributed by atoms with van der Waals surface area (Å²) in [6.07, 6.45) is 2.64. The lowest BCUT2D eigenvalue weighted by Gasteiger charge is -2.47. The van der Waals surface area contributed by atoms with Gasteiger partial charge in [-0.1, -0.05) is 19.1 Å². The van der Waals surface area contributed by atoms with E-state index in [9.17, 15) is 14.4 Å². The van der Waals surface area contributed by atoms with Crippen molar-refractivity contribution in [1.29, 1.82) is 0 Å². The number of carbonyl (C=O) groups is 3. The van der Waals surface area contributed by atoms with Crippen molar-refractivity contribution in [3.63, 3.8) is 0 Å². The van der Waals surface area contributed by atoms with E-state index in [0.717, 1.165) is 40.1 Å². The Bertz CT molecular complexity index is 1240. The van der Waals surface area contributed by atoms with Crippen molar-refractivity contribution in [3.05, 3.63) is 63.7 Å². The Morgan fingerprint density at radius 1 is 1.06 bits per heavy atom. The van der Waals surface area contributed by atoms with Crippen molar-refractivity contribution in [1.82, 2.24) is 5.32 Å². The van der Waals surface area contributed by atoms with Crippen molar-refractivity contribution in [2.24, 2.45) is 0 Å². The van der Waals surface area contributed by atoms with Crippen molar-refractivity contribution in [2.45, 2.75) is 66.3 Å². The Kier molecular flexibility index (Phi) is 5.88. The molecule has 1 saturated heterocycles. The van der Waals surface area contributed by atoms with Gasteiger partial charge in [0.25, 0.3) is 11.8 Å². The summed E-state index contributed by atoms with van der Waals surface area (Å²) in [4.78, 5) is 42.3. The number of nitrogens with zero attached hydrogens (tertiary/aromatic N) is 2. The molecule has 6 nitrogen and oxygen atoms in total. The molecule has 1 atom stereocenters. The van der Waals surface area contributed by atoms with Crippen LogP contribution in [-0.2, 0) is 9.59 Å². The fourth-order valence-electron chi connectivity index (χ4n) is 5.41. The number of nitrogens with one attached hydrogen (secondary N) is 1. The molecular weight excluding hydrogens is 426 g/mol. The molecule has 4 rings (SSSR count). The van der Waals surface area contributed by atoms with E-state index in [4.69, 9.17) is 0 Å². The SMILES string of the molecule is CCN1c2cc(C)c(/C=C3/C(=O)NC(=O)N(c4cccc(C)c4C)C3=O)cc2C(C)CC1(C)C. The quantitative estimate of drug-likeness (QED) is 0.494. The number of hydrogen-bond donors (Lipinski definition) is 1. The summed E-state index contributed by atoms with van der Waals surface area (Å²) in [5, 5.41) is 2.34. The van der Waals surface area contributed by atoms with Gasteiger partial charge in [-0.25, -0.2) is 9.69 Å². The smallest absolute Gasteiger partial charge is 0.335 e. The molecule has 34 heavy (non-hydrogen) atoms. The lowest BCUT2D eigenvalue weighted by molar-refractivity contribution is -0.122. The molecule has 0 saturated carbocycles. The van der Waals surface area contributed by atoms with E-state index in [1.54, 1.807) is 18.2 Å². The molecule has 0 aromatic heterocycles. The van der Waals surface area contributed by atoms with Crippen molar-refractivity contribution >= 4 is 35.3 Å². The zero-order valence-electron chi connectivity index (χ0n) is 21.1. The number of imide groups is 2. The van der Waals surface area contributed by atoms with Crippen molar-refractivity contribution < 1.29 is 14.4 Å². The molecule has 1 N–H and O–H groups in total. The third-order valence-corrected chi connectivity index (χ3v) is 7.31. The summed E-state index contributed by atoms with van der Waals surface area (Å²) < 4.78 is 0. The molecule has 2 aromatic carbocycles. The normalized spacial score (nSPS) is 21.1. The summed E-state index contributed by atoms with van der Waals surface area (Å²) in [5.41, 5.74) is 6.49. The predicted octanol–water partition coefficient (Wildman–Crippen LogP) is 5.39. The van der Waals surface area contributed by atoms with Crippen LogP contribution in [0.25, 0.3) is 6.08 Å². The van der Waals surface area contributed by atoms with E-state index < -0.39 is 17.8 Å². The third-order valence-electron chi connectivity index (χ3n) is 7.31. The van der Waals surface area contributed by atoms with E-state index in [1.165, 1.54) is 11.3 Å². The molecule has 0 aliphatic carbocycles. The van der Waals surface area contributed by atoms with Gasteiger partial charge in [-0.2, -0.15) is 0 Å². The van der Waals surface area contributed by atoms with Gasteiger partial charge in [-0.05, 0) is 106 Å². The Labute approximate surface area is 201 Å². The highest BCUT2D eigenvalue weighted by atomic mass is 16.2. The number of amides is 4. The molecule has 2 aliphatic rings. The minimum Gasteiger partial charge on any atom is -0.366 e. The highest BCUT2D eigenvalue weighted by Gasteiger charge is 2.39. The molecule has 1 unspecified atom stereocenters.